The first-order valence-electron chi connectivity index (χ1n) is 7.92. The highest BCUT2D eigenvalue weighted by atomic mass is 16.5. The molecule has 0 radical (unpaired) electrons. The van der Waals surface area contributed by atoms with Crippen LogP contribution in [0, 0.1) is 6.92 Å². The molecule has 1 aliphatic heterocycles. The lowest BCUT2D eigenvalue weighted by Gasteiger charge is -2.41. The SMILES string of the molecule is Cc1nnc(COC2CN(C(=O)C3CCCc4[nH]ncc43)C2)o1. The average molecular weight is 317 g/mol. The van der Waals surface area contributed by atoms with E-state index in [9.17, 15) is 4.79 Å². The van der Waals surface area contributed by atoms with E-state index in [0.717, 1.165) is 30.5 Å². The Morgan fingerprint density at radius 1 is 1.48 bits per heavy atom. The van der Waals surface area contributed by atoms with Gasteiger partial charge >= 0.3 is 0 Å². The van der Waals surface area contributed by atoms with Crippen molar-refractivity contribution in [2.75, 3.05) is 13.1 Å². The molecule has 2 aromatic rings. The van der Waals surface area contributed by atoms with Crippen LogP contribution in [0.4, 0.5) is 0 Å². The Labute approximate surface area is 133 Å². The Morgan fingerprint density at radius 2 is 2.35 bits per heavy atom. The van der Waals surface area contributed by atoms with E-state index < -0.39 is 0 Å². The van der Waals surface area contributed by atoms with Gasteiger partial charge in [-0.3, -0.25) is 9.89 Å². The molecule has 122 valence electrons. The molecule has 4 rings (SSSR count). The van der Waals surface area contributed by atoms with Gasteiger partial charge in [-0.15, -0.1) is 10.2 Å². The molecule has 2 aromatic heterocycles. The van der Waals surface area contributed by atoms with E-state index in [1.54, 1.807) is 13.1 Å². The smallest absolute Gasteiger partial charge is 0.242 e. The third-order valence-electron chi connectivity index (χ3n) is 4.51. The number of nitrogens with one attached hydrogen (secondary N) is 1. The summed E-state index contributed by atoms with van der Waals surface area (Å²) in [7, 11) is 0. The van der Waals surface area contributed by atoms with Crippen molar-refractivity contribution < 1.29 is 13.9 Å². The number of carbonyl (C=O) groups excluding carboxylic acids is 1. The standard InChI is InChI=1S/C15H19N5O3/c1-9-17-19-14(23-9)8-22-10-6-20(7-10)15(21)11-3-2-4-13-12(11)5-16-18-13/h5,10-11H,2-4,6-8H2,1H3,(H,16,18). The summed E-state index contributed by atoms with van der Waals surface area (Å²) in [5.41, 5.74) is 2.17. The van der Waals surface area contributed by atoms with Gasteiger partial charge < -0.3 is 14.1 Å². The topological polar surface area (TPSA) is 97.1 Å². The molecular weight excluding hydrogens is 298 g/mol. The Bertz CT molecular complexity index is 704. The lowest BCUT2D eigenvalue weighted by molar-refractivity contribution is -0.148. The Morgan fingerprint density at radius 3 is 3.13 bits per heavy atom. The fraction of sp³-hybridized carbons (Fsp3) is 0.600. The van der Waals surface area contributed by atoms with Gasteiger partial charge in [0.2, 0.25) is 17.7 Å². The first-order valence-corrected chi connectivity index (χ1v) is 7.92. The predicted octanol–water partition coefficient (Wildman–Crippen LogP) is 0.949. The fourth-order valence-electron chi connectivity index (χ4n) is 3.25. The van der Waals surface area contributed by atoms with Crippen LogP contribution in [0.3, 0.4) is 0 Å². The molecule has 1 unspecified atom stereocenters. The van der Waals surface area contributed by atoms with Crippen molar-refractivity contribution >= 4 is 5.91 Å². The van der Waals surface area contributed by atoms with E-state index in [1.807, 2.05) is 4.90 Å². The predicted molar refractivity (Wildman–Crippen MR) is 78.5 cm³/mol. The molecule has 2 aliphatic rings. The summed E-state index contributed by atoms with van der Waals surface area (Å²) >= 11 is 0. The number of aryl methyl sites for hydroxylation is 2. The monoisotopic (exact) mass is 317 g/mol. The number of rotatable bonds is 4. The van der Waals surface area contributed by atoms with Gasteiger partial charge in [0.1, 0.15) is 6.61 Å². The van der Waals surface area contributed by atoms with Crippen LogP contribution in [0.2, 0.25) is 0 Å². The first kappa shape index (κ1) is 14.4. The molecule has 1 atom stereocenters. The molecule has 0 spiro atoms. The van der Waals surface area contributed by atoms with Crippen LogP contribution < -0.4 is 0 Å². The van der Waals surface area contributed by atoms with E-state index in [0.29, 0.717) is 31.5 Å². The molecule has 8 nitrogen and oxygen atoms in total. The van der Waals surface area contributed by atoms with Crippen molar-refractivity contribution in [1.29, 1.82) is 0 Å². The molecule has 1 fully saturated rings. The zero-order valence-corrected chi connectivity index (χ0v) is 13.0. The summed E-state index contributed by atoms with van der Waals surface area (Å²) < 4.78 is 11.0. The molecule has 1 amide bonds. The molecule has 0 bridgehead atoms. The number of hydrogen-bond donors (Lipinski definition) is 1. The number of carbonyl (C=O) groups is 1. The molecule has 8 heteroatoms. The Hall–Kier alpha value is -2.22. The van der Waals surface area contributed by atoms with Crippen molar-refractivity contribution in [2.24, 2.45) is 0 Å². The minimum Gasteiger partial charge on any atom is -0.423 e. The number of aromatic nitrogens is 4. The van der Waals surface area contributed by atoms with Crippen molar-refractivity contribution in [3.63, 3.8) is 0 Å². The lowest BCUT2D eigenvalue weighted by Crippen LogP contribution is -2.56. The third-order valence-corrected chi connectivity index (χ3v) is 4.51. The normalized spacial score (nSPS) is 21.1. The highest BCUT2D eigenvalue weighted by molar-refractivity contribution is 5.85. The van der Waals surface area contributed by atoms with Crippen LogP contribution in [-0.2, 0) is 22.6 Å². The van der Waals surface area contributed by atoms with Crippen molar-refractivity contribution in [1.82, 2.24) is 25.3 Å². The van der Waals surface area contributed by atoms with Gasteiger partial charge in [-0.2, -0.15) is 5.10 Å². The number of hydrogen-bond acceptors (Lipinski definition) is 6. The Balaban J connectivity index is 1.29. The number of aromatic amines is 1. The number of amides is 1. The molecule has 23 heavy (non-hydrogen) atoms. The van der Waals surface area contributed by atoms with Crippen LogP contribution in [-0.4, -0.2) is 50.4 Å². The van der Waals surface area contributed by atoms with Gasteiger partial charge in [0.05, 0.1) is 18.2 Å². The second kappa shape index (κ2) is 5.77. The summed E-state index contributed by atoms with van der Waals surface area (Å²) in [4.78, 5) is 14.5. The van der Waals surface area contributed by atoms with Gasteiger partial charge in [-0.25, -0.2) is 0 Å². The Kier molecular flexibility index (Phi) is 3.60. The van der Waals surface area contributed by atoms with Crippen molar-refractivity contribution in [3.05, 3.63) is 29.2 Å². The average Bonchev–Trinajstić information content (AvgIpc) is 3.13. The third kappa shape index (κ3) is 2.74. The molecule has 0 saturated carbocycles. The minimum atomic E-state index is -0.0583. The molecule has 0 aromatic carbocycles. The summed E-state index contributed by atoms with van der Waals surface area (Å²) in [6.07, 6.45) is 4.74. The zero-order chi connectivity index (χ0) is 15.8. The second-order valence-electron chi connectivity index (χ2n) is 6.14. The lowest BCUT2D eigenvalue weighted by atomic mass is 9.85. The van der Waals surface area contributed by atoms with Gasteiger partial charge in [-0.1, -0.05) is 0 Å². The number of H-pyrrole nitrogens is 1. The van der Waals surface area contributed by atoms with E-state index in [2.05, 4.69) is 20.4 Å². The van der Waals surface area contributed by atoms with Gasteiger partial charge in [0, 0.05) is 31.3 Å². The van der Waals surface area contributed by atoms with E-state index in [-0.39, 0.29) is 17.9 Å². The summed E-state index contributed by atoms with van der Waals surface area (Å²) in [5.74, 6) is 1.13. The maximum atomic E-state index is 12.7. The van der Waals surface area contributed by atoms with E-state index in [4.69, 9.17) is 9.15 Å². The number of fused-ring (bicyclic) bond motifs is 1. The number of likely N-dealkylation sites (tertiary alicyclic amines) is 1. The van der Waals surface area contributed by atoms with Crippen LogP contribution in [0.1, 0.15) is 41.8 Å². The van der Waals surface area contributed by atoms with Gasteiger partial charge in [0.25, 0.3) is 0 Å². The number of ether oxygens (including phenoxy) is 1. The fourth-order valence-corrected chi connectivity index (χ4v) is 3.25. The van der Waals surface area contributed by atoms with E-state index >= 15 is 0 Å². The minimum absolute atomic E-state index is 0.0403. The summed E-state index contributed by atoms with van der Waals surface area (Å²) in [5, 5.41) is 14.7. The largest absolute Gasteiger partial charge is 0.423 e. The van der Waals surface area contributed by atoms with E-state index in [1.165, 1.54) is 0 Å². The van der Waals surface area contributed by atoms with Crippen LogP contribution in [0.25, 0.3) is 0 Å². The zero-order valence-electron chi connectivity index (χ0n) is 13.0. The molecular formula is C15H19N5O3. The molecule has 1 aliphatic carbocycles. The van der Waals surface area contributed by atoms with Gasteiger partial charge in [-0.05, 0) is 19.3 Å². The summed E-state index contributed by atoms with van der Waals surface area (Å²) in [6.45, 7) is 3.28. The highest BCUT2D eigenvalue weighted by Gasteiger charge is 2.37. The molecule has 1 saturated heterocycles. The molecule has 3 heterocycles. The maximum absolute atomic E-state index is 12.7. The molecule has 1 N–H and O–H groups in total. The summed E-state index contributed by atoms with van der Waals surface area (Å²) in [6, 6.07) is 0. The van der Waals surface area contributed by atoms with Crippen LogP contribution in [0.5, 0.6) is 0 Å². The highest BCUT2D eigenvalue weighted by Crippen LogP contribution is 2.33. The van der Waals surface area contributed by atoms with Crippen LogP contribution in [0.15, 0.2) is 10.6 Å². The van der Waals surface area contributed by atoms with Gasteiger partial charge in [0.15, 0.2) is 0 Å². The number of nitrogens with zero attached hydrogens (tertiary/aromatic N) is 4. The van der Waals surface area contributed by atoms with Crippen molar-refractivity contribution in [2.45, 2.75) is 44.8 Å². The van der Waals surface area contributed by atoms with Crippen LogP contribution >= 0.6 is 0 Å². The first-order chi connectivity index (χ1) is 11.2. The van der Waals surface area contributed by atoms with Crippen molar-refractivity contribution in [3.8, 4) is 0 Å². The second-order valence-corrected chi connectivity index (χ2v) is 6.14. The maximum Gasteiger partial charge on any atom is 0.242 e. The quantitative estimate of drug-likeness (QED) is 0.901.